The van der Waals surface area contributed by atoms with Gasteiger partial charge in [0, 0.05) is 16.8 Å². The molecule has 0 radical (unpaired) electrons. The first-order valence-electron chi connectivity index (χ1n) is 5.03. The summed E-state index contributed by atoms with van der Waals surface area (Å²) in [4.78, 5) is 15.7. The number of methoxy groups -OCH3 is 1. The number of aromatic nitrogens is 1. The third-order valence-corrected chi connectivity index (χ3v) is 4.14. The number of aryl methyl sites for hydroxylation is 1. The smallest absolute Gasteiger partial charge is 0.323 e. The first-order valence-corrected chi connectivity index (χ1v) is 6.90. The number of nitrogens with one attached hydrogen (secondary N) is 1. The van der Waals surface area contributed by atoms with Crippen LogP contribution in [-0.2, 0) is 9.53 Å². The molecule has 0 amide bonds. The molecule has 0 spiro atoms. The number of rotatable bonds is 6. The highest BCUT2D eigenvalue weighted by atomic mass is 32.2. The highest BCUT2D eigenvalue weighted by Gasteiger charge is 2.18. The zero-order valence-corrected chi connectivity index (χ0v) is 11.3. The molecule has 1 rings (SSSR count). The molecular formula is C10H16N2O2S2. The molecule has 1 atom stereocenters. The van der Waals surface area contributed by atoms with Crippen molar-refractivity contribution in [2.45, 2.75) is 24.2 Å². The van der Waals surface area contributed by atoms with E-state index in [0.29, 0.717) is 5.75 Å². The van der Waals surface area contributed by atoms with Crippen LogP contribution in [0.4, 0.5) is 0 Å². The first-order chi connectivity index (χ1) is 7.67. The van der Waals surface area contributed by atoms with Gasteiger partial charge in [0.1, 0.15) is 10.4 Å². The van der Waals surface area contributed by atoms with Crippen LogP contribution in [-0.4, -0.2) is 36.4 Å². The van der Waals surface area contributed by atoms with Gasteiger partial charge in [-0.15, -0.1) is 11.3 Å². The fourth-order valence-electron chi connectivity index (χ4n) is 1.15. The second-order valence-electron chi connectivity index (χ2n) is 3.20. The highest BCUT2D eigenvalue weighted by molar-refractivity contribution is 8.01. The predicted molar refractivity (Wildman–Crippen MR) is 67.1 cm³/mol. The summed E-state index contributed by atoms with van der Waals surface area (Å²) in [6.45, 7) is 4.67. The second-order valence-corrected chi connectivity index (χ2v) is 5.32. The molecule has 1 unspecified atom stereocenters. The Morgan fingerprint density at radius 3 is 3.00 bits per heavy atom. The molecule has 6 heteroatoms. The van der Waals surface area contributed by atoms with Crippen molar-refractivity contribution in [3.8, 4) is 0 Å². The molecule has 0 bridgehead atoms. The van der Waals surface area contributed by atoms with E-state index in [9.17, 15) is 4.79 Å². The van der Waals surface area contributed by atoms with Gasteiger partial charge in [-0.1, -0.05) is 18.7 Å². The molecule has 1 aromatic heterocycles. The number of carbonyl (C=O) groups excluding carboxylic acids is 1. The Morgan fingerprint density at radius 2 is 2.50 bits per heavy atom. The van der Waals surface area contributed by atoms with E-state index in [4.69, 9.17) is 4.74 Å². The van der Waals surface area contributed by atoms with Crippen LogP contribution in [0, 0.1) is 6.92 Å². The average Bonchev–Trinajstić information content (AvgIpc) is 2.69. The van der Waals surface area contributed by atoms with Gasteiger partial charge in [-0.25, -0.2) is 4.98 Å². The van der Waals surface area contributed by atoms with E-state index in [0.717, 1.165) is 16.6 Å². The summed E-state index contributed by atoms with van der Waals surface area (Å²) < 4.78 is 5.72. The van der Waals surface area contributed by atoms with Crippen LogP contribution in [0.15, 0.2) is 9.72 Å². The van der Waals surface area contributed by atoms with Crippen molar-refractivity contribution in [1.82, 2.24) is 10.3 Å². The molecule has 90 valence electrons. The molecule has 0 aliphatic heterocycles. The quantitative estimate of drug-likeness (QED) is 0.623. The van der Waals surface area contributed by atoms with Crippen LogP contribution in [0.2, 0.25) is 0 Å². The van der Waals surface area contributed by atoms with Crippen molar-refractivity contribution in [2.24, 2.45) is 0 Å². The molecule has 0 aromatic carbocycles. The van der Waals surface area contributed by atoms with E-state index in [2.05, 4.69) is 10.3 Å². The maximum absolute atomic E-state index is 11.4. The Kier molecular flexibility index (Phi) is 5.79. The van der Waals surface area contributed by atoms with Crippen molar-refractivity contribution in [3.63, 3.8) is 0 Å². The Labute approximate surface area is 104 Å². The number of thioether (sulfide) groups is 1. The summed E-state index contributed by atoms with van der Waals surface area (Å²) in [5, 5.41) is 5.09. The topological polar surface area (TPSA) is 51.2 Å². The van der Waals surface area contributed by atoms with Crippen molar-refractivity contribution >= 4 is 29.1 Å². The van der Waals surface area contributed by atoms with Gasteiger partial charge in [0.2, 0.25) is 0 Å². The van der Waals surface area contributed by atoms with Gasteiger partial charge in [0.25, 0.3) is 0 Å². The second kappa shape index (κ2) is 6.88. The van der Waals surface area contributed by atoms with Crippen LogP contribution in [0.25, 0.3) is 0 Å². The Morgan fingerprint density at radius 1 is 1.75 bits per heavy atom. The zero-order valence-electron chi connectivity index (χ0n) is 9.65. The molecule has 0 fully saturated rings. The third-order valence-electron chi connectivity index (χ3n) is 1.91. The minimum atomic E-state index is -0.260. The number of hydrogen-bond donors (Lipinski definition) is 1. The zero-order chi connectivity index (χ0) is 12.0. The van der Waals surface area contributed by atoms with E-state index in [1.165, 1.54) is 7.11 Å². The van der Waals surface area contributed by atoms with E-state index in [-0.39, 0.29) is 12.0 Å². The number of thiazole rings is 1. The summed E-state index contributed by atoms with van der Waals surface area (Å²) in [5.41, 5.74) is 1.02. The van der Waals surface area contributed by atoms with Gasteiger partial charge in [0.15, 0.2) is 0 Å². The van der Waals surface area contributed by atoms with Crippen molar-refractivity contribution in [1.29, 1.82) is 0 Å². The lowest BCUT2D eigenvalue weighted by Gasteiger charge is -2.13. The van der Waals surface area contributed by atoms with Gasteiger partial charge >= 0.3 is 5.97 Å². The van der Waals surface area contributed by atoms with Crippen LogP contribution < -0.4 is 5.32 Å². The number of esters is 1. The molecule has 0 aliphatic rings. The number of hydrogen-bond acceptors (Lipinski definition) is 6. The molecule has 0 aliphatic carbocycles. The van der Waals surface area contributed by atoms with Crippen molar-refractivity contribution in [3.05, 3.63) is 11.1 Å². The summed E-state index contributed by atoms with van der Waals surface area (Å²) in [7, 11) is 1.41. The van der Waals surface area contributed by atoms with E-state index in [1.54, 1.807) is 23.1 Å². The lowest BCUT2D eigenvalue weighted by molar-refractivity contribution is -0.142. The van der Waals surface area contributed by atoms with E-state index in [1.807, 2.05) is 19.2 Å². The van der Waals surface area contributed by atoms with Crippen LogP contribution >= 0.6 is 23.1 Å². The number of nitrogens with zero attached hydrogens (tertiary/aromatic N) is 1. The molecular weight excluding hydrogens is 244 g/mol. The monoisotopic (exact) mass is 260 g/mol. The first kappa shape index (κ1) is 13.5. The number of likely N-dealkylation sites (N-methyl/N-ethyl adjacent to an activating group) is 1. The molecule has 0 saturated carbocycles. The largest absolute Gasteiger partial charge is 0.468 e. The van der Waals surface area contributed by atoms with E-state index < -0.39 is 0 Å². The fraction of sp³-hybridized carbons (Fsp3) is 0.600. The molecule has 0 saturated heterocycles. The number of ether oxygens (including phenoxy) is 1. The van der Waals surface area contributed by atoms with Crippen molar-refractivity contribution < 1.29 is 9.53 Å². The molecule has 1 heterocycles. The molecule has 4 nitrogen and oxygen atoms in total. The van der Waals surface area contributed by atoms with Gasteiger partial charge in [-0.2, -0.15) is 0 Å². The minimum absolute atomic E-state index is 0.220. The minimum Gasteiger partial charge on any atom is -0.468 e. The summed E-state index contributed by atoms with van der Waals surface area (Å²) in [5.74, 6) is 0.427. The Hall–Kier alpha value is -0.590. The molecule has 16 heavy (non-hydrogen) atoms. The van der Waals surface area contributed by atoms with Gasteiger partial charge in [0.05, 0.1) is 7.11 Å². The molecule has 1 aromatic rings. The fourth-order valence-corrected chi connectivity index (χ4v) is 3.07. The van der Waals surface area contributed by atoms with Crippen LogP contribution in [0.5, 0.6) is 0 Å². The lowest BCUT2D eigenvalue weighted by Crippen LogP contribution is -2.39. The summed E-state index contributed by atoms with van der Waals surface area (Å²) in [6, 6.07) is -0.260. The number of carbonyl (C=O) groups is 1. The third kappa shape index (κ3) is 4.11. The Balaban J connectivity index is 2.46. The maximum atomic E-state index is 11.4. The highest BCUT2D eigenvalue weighted by Crippen LogP contribution is 2.23. The normalized spacial score (nSPS) is 12.4. The van der Waals surface area contributed by atoms with Gasteiger partial charge in [-0.05, 0) is 13.5 Å². The predicted octanol–water partition coefficient (Wildman–Crippen LogP) is 1.69. The maximum Gasteiger partial charge on any atom is 0.323 e. The standard InChI is InChI=1S/C10H16N2O2S2/c1-4-11-8(9(13)14-3)6-16-10-12-7(2)5-15-10/h5,8,11H,4,6H2,1-3H3. The average molecular weight is 260 g/mol. The van der Waals surface area contributed by atoms with Gasteiger partial charge < -0.3 is 10.1 Å². The van der Waals surface area contributed by atoms with E-state index >= 15 is 0 Å². The lowest BCUT2D eigenvalue weighted by atomic mass is 10.3. The van der Waals surface area contributed by atoms with Crippen molar-refractivity contribution in [2.75, 3.05) is 19.4 Å². The summed E-state index contributed by atoms with van der Waals surface area (Å²) >= 11 is 3.18. The summed E-state index contributed by atoms with van der Waals surface area (Å²) in [6.07, 6.45) is 0. The Bertz CT molecular complexity index is 341. The molecule has 1 N–H and O–H groups in total. The van der Waals surface area contributed by atoms with Crippen LogP contribution in [0.3, 0.4) is 0 Å². The van der Waals surface area contributed by atoms with Gasteiger partial charge in [-0.3, -0.25) is 4.79 Å². The van der Waals surface area contributed by atoms with Crippen LogP contribution in [0.1, 0.15) is 12.6 Å². The SMILES string of the molecule is CCNC(CSc1nc(C)cs1)C(=O)OC.